The Morgan fingerprint density at radius 3 is 2.61 bits per heavy atom. The molecular weight excluding hydrogens is 442 g/mol. The molecule has 2 aromatic carbocycles. The standard InChI is InChI=1S/C23H22ClN7O2/c24-16-5-1-3-14(11-16)12-18(33)30-7-9-31(10-8-30)22-19-21(28-23(25)29-22)27-20(26-19)15-4-2-6-17(32)13-15/h1-6,11,13,32H,7-10,12H2,(H3,25,26,27,28,29). The zero-order valence-electron chi connectivity index (χ0n) is 17.7. The second-order valence-electron chi connectivity index (χ2n) is 7.91. The minimum Gasteiger partial charge on any atom is -0.508 e. The molecule has 1 amide bonds. The monoisotopic (exact) mass is 463 g/mol. The number of rotatable bonds is 4. The van der Waals surface area contributed by atoms with Crippen LogP contribution in [0.5, 0.6) is 5.75 Å². The molecule has 0 unspecified atom stereocenters. The van der Waals surface area contributed by atoms with E-state index >= 15 is 0 Å². The number of aromatic hydroxyl groups is 1. The second kappa shape index (κ2) is 8.59. The molecule has 0 spiro atoms. The number of anilines is 2. The van der Waals surface area contributed by atoms with Gasteiger partial charge in [-0.1, -0.05) is 35.9 Å². The number of amides is 1. The molecule has 0 saturated carbocycles. The van der Waals surface area contributed by atoms with Crippen molar-refractivity contribution in [2.45, 2.75) is 6.42 Å². The van der Waals surface area contributed by atoms with Gasteiger partial charge in [0.05, 0.1) is 6.42 Å². The third-order valence-electron chi connectivity index (χ3n) is 5.65. The molecule has 5 rings (SSSR count). The fourth-order valence-electron chi connectivity index (χ4n) is 4.02. The average molecular weight is 464 g/mol. The van der Waals surface area contributed by atoms with E-state index in [0.29, 0.717) is 60.4 Å². The van der Waals surface area contributed by atoms with Crippen molar-refractivity contribution in [2.75, 3.05) is 36.8 Å². The lowest BCUT2D eigenvalue weighted by Crippen LogP contribution is -2.49. The molecule has 0 radical (unpaired) electrons. The Balaban J connectivity index is 1.34. The number of carbonyl (C=O) groups is 1. The van der Waals surface area contributed by atoms with Crippen molar-refractivity contribution < 1.29 is 9.90 Å². The number of imidazole rings is 1. The van der Waals surface area contributed by atoms with Crippen LogP contribution in [-0.4, -0.2) is 62.0 Å². The number of piperazine rings is 1. The lowest BCUT2D eigenvalue weighted by molar-refractivity contribution is -0.130. The molecule has 4 N–H and O–H groups in total. The van der Waals surface area contributed by atoms with Crippen molar-refractivity contribution in [1.29, 1.82) is 0 Å². The number of nitrogens with one attached hydrogen (secondary N) is 1. The van der Waals surface area contributed by atoms with Crippen LogP contribution in [0.3, 0.4) is 0 Å². The number of benzene rings is 2. The van der Waals surface area contributed by atoms with Crippen molar-refractivity contribution >= 4 is 40.4 Å². The van der Waals surface area contributed by atoms with E-state index in [4.69, 9.17) is 17.3 Å². The predicted molar refractivity (Wildman–Crippen MR) is 127 cm³/mol. The van der Waals surface area contributed by atoms with Crippen LogP contribution in [0.25, 0.3) is 22.6 Å². The topological polar surface area (TPSA) is 124 Å². The summed E-state index contributed by atoms with van der Waals surface area (Å²) in [6.45, 7) is 2.34. The number of hydrogen-bond donors (Lipinski definition) is 3. The zero-order valence-corrected chi connectivity index (χ0v) is 18.5. The molecular formula is C23H22ClN7O2. The number of aromatic nitrogens is 4. The Bertz CT molecular complexity index is 1330. The van der Waals surface area contributed by atoms with E-state index in [-0.39, 0.29) is 17.6 Å². The first kappa shape index (κ1) is 21.0. The van der Waals surface area contributed by atoms with E-state index in [1.165, 1.54) is 0 Å². The molecule has 4 aromatic rings. The minimum atomic E-state index is 0.0666. The molecule has 10 heteroatoms. The van der Waals surface area contributed by atoms with E-state index in [2.05, 4.69) is 24.8 Å². The highest BCUT2D eigenvalue weighted by molar-refractivity contribution is 6.30. The zero-order chi connectivity index (χ0) is 22.9. The normalized spacial score (nSPS) is 14.1. The highest BCUT2D eigenvalue weighted by atomic mass is 35.5. The van der Waals surface area contributed by atoms with Gasteiger partial charge in [0.2, 0.25) is 11.9 Å². The van der Waals surface area contributed by atoms with E-state index in [1.807, 2.05) is 29.2 Å². The van der Waals surface area contributed by atoms with Crippen LogP contribution in [0.4, 0.5) is 11.8 Å². The van der Waals surface area contributed by atoms with Gasteiger partial charge in [-0.05, 0) is 29.8 Å². The quantitative estimate of drug-likeness (QED) is 0.425. The van der Waals surface area contributed by atoms with Crippen LogP contribution in [0, 0.1) is 0 Å². The van der Waals surface area contributed by atoms with Crippen LogP contribution in [-0.2, 0) is 11.2 Å². The van der Waals surface area contributed by atoms with Crippen molar-refractivity contribution in [3.05, 3.63) is 59.1 Å². The Kier molecular flexibility index (Phi) is 5.47. The lowest BCUT2D eigenvalue weighted by Gasteiger charge is -2.35. The summed E-state index contributed by atoms with van der Waals surface area (Å²) in [6.07, 6.45) is 0.319. The van der Waals surface area contributed by atoms with E-state index < -0.39 is 0 Å². The van der Waals surface area contributed by atoms with E-state index in [0.717, 1.165) is 11.1 Å². The van der Waals surface area contributed by atoms with Gasteiger partial charge >= 0.3 is 0 Å². The van der Waals surface area contributed by atoms with Crippen molar-refractivity contribution in [3.63, 3.8) is 0 Å². The smallest absolute Gasteiger partial charge is 0.227 e. The highest BCUT2D eigenvalue weighted by Gasteiger charge is 2.25. The molecule has 2 aromatic heterocycles. The van der Waals surface area contributed by atoms with Gasteiger partial charge in [0.25, 0.3) is 0 Å². The van der Waals surface area contributed by atoms with Gasteiger partial charge in [-0.25, -0.2) is 4.98 Å². The summed E-state index contributed by atoms with van der Waals surface area (Å²) in [6, 6.07) is 14.2. The van der Waals surface area contributed by atoms with Gasteiger partial charge in [-0.3, -0.25) is 4.79 Å². The number of nitrogens with two attached hydrogens (primary N) is 1. The predicted octanol–water partition coefficient (Wildman–Crippen LogP) is 2.85. The summed E-state index contributed by atoms with van der Waals surface area (Å²) in [5, 5.41) is 10.4. The summed E-state index contributed by atoms with van der Waals surface area (Å²) in [4.78, 5) is 33.2. The Morgan fingerprint density at radius 2 is 1.85 bits per heavy atom. The minimum absolute atomic E-state index is 0.0666. The first-order valence-electron chi connectivity index (χ1n) is 10.6. The van der Waals surface area contributed by atoms with E-state index in [1.54, 1.807) is 24.3 Å². The number of H-pyrrole nitrogens is 1. The van der Waals surface area contributed by atoms with Gasteiger partial charge in [0.1, 0.15) is 17.1 Å². The van der Waals surface area contributed by atoms with Crippen molar-refractivity contribution in [2.24, 2.45) is 0 Å². The average Bonchev–Trinajstić information content (AvgIpc) is 3.23. The molecule has 0 aliphatic carbocycles. The molecule has 3 heterocycles. The molecule has 1 aliphatic heterocycles. The van der Waals surface area contributed by atoms with E-state index in [9.17, 15) is 9.90 Å². The first-order valence-corrected chi connectivity index (χ1v) is 10.9. The van der Waals surface area contributed by atoms with Crippen molar-refractivity contribution in [1.82, 2.24) is 24.8 Å². The number of carbonyl (C=O) groups excluding carboxylic acids is 1. The third kappa shape index (κ3) is 4.40. The second-order valence-corrected chi connectivity index (χ2v) is 8.35. The first-order chi connectivity index (χ1) is 16.0. The molecule has 9 nitrogen and oxygen atoms in total. The van der Waals surface area contributed by atoms with Gasteiger partial charge in [-0.15, -0.1) is 0 Å². The molecule has 1 fully saturated rings. The molecule has 33 heavy (non-hydrogen) atoms. The number of nitrogen functional groups attached to an aromatic ring is 1. The summed E-state index contributed by atoms with van der Waals surface area (Å²) in [5.41, 5.74) is 8.71. The summed E-state index contributed by atoms with van der Waals surface area (Å²) in [7, 11) is 0. The lowest BCUT2D eigenvalue weighted by atomic mass is 10.1. The van der Waals surface area contributed by atoms with Crippen LogP contribution in [0.15, 0.2) is 48.5 Å². The highest BCUT2D eigenvalue weighted by Crippen LogP contribution is 2.28. The third-order valence-corrected chi connectivity index (χ3v) is 5.88. The number of nitrogens with zero attached hydrogens (tertiary/aromatic N) is 5. The number of fused-ring (bicyclic) bond motifs is 1. The van der Waals surface area contributed by atoms with Crippen LogP contribution in [0.2, 0.25) is 5.02 Å². The Labute approximate surface area is 194 Å². The number of phenolic OH excluding ortho intramolecular Hbond substituents is 1. The molecule has 1 saturated heterocycles. The number of hydrogen-bond acceptors (Lipinski definition) is 7. The summed E-state index contributed by atoms with van der Waals surface area (Å²) < 4.78 is 0. The Morgan fingerprint density at radius 1 is 1.06 bits per heavy atom. The number of halogens is 1. The molecule has 168 valence electrons. The maximum atomic E-state index is 12.8. The van der Waals surface area contributed by atoms with Gasteiger partial charge < -0.3 is 25.6 Å². The van der Waals surface area contributed by atoms with Crippen LogP contribution < -0.4 is 10.6 Å². The maximum Gasteiger partial charge on any atom is 0.227 e. The summed E-state index contributed by atoms with van der Waals surface area (Å²) in [5.74, 6) is 1.57. The van der Waals surface area contributed by atoms with Gasteiger partial charge in [0.15, 0.2) is 11.5 Å². The number of aromatic amines is 1. The number of phenols is 1. The van der Waals surface area contributed by atoms with Crippen molar-refractivity contribution in [3.8, 4) is 17.1 Å². The van der Waals surface area contributed by atoms with Crippen LogP contribution >= 0.6 is 11.6 Å². The maximum absolute atomic E-state index is 12.8. The fourth-order valence-corrected chi connectivity index (χ4v) is 4.23. The largest absolute Gasteiger partial charge is 0.508 e. The Hall–Kier alpha value is -3.85. The molecule has 0 atom stereocenters. The van der Waals surface area contributed by atoms with Gasteiger partial charge in [-0.2, -0.15) is 9.97 Å². The van der Waals surface area contributed by atoms with Gasteiger partial charge in [0, 0.05) is 36.8 Å². The summed E-state index contributed by atoms with van der Waals surface area (Å²) >= 11 is 6.04. The fraction of sp³-hybridized carbons (Fsp3) is 0.217. The van der Waals surface area contributed by atoms with Crippen LogP contribution in [0.1, 0.15) is 5.56 Å². The SMILES string of the molecule is Nc1nc(N2CCN(C(=O)Cc3cccc(Cl)c3)CC2)c2[nH]c(-c3cccc(O)c3)nc2n1. The molecule has 0 bridgehead atoms. The molecule has 1 aliphatic rings.